The van der Waals surface area contributed by atoms with Gasteiger partial charge in [0.1, 0.15) is 11.9 Å². The third kappa shape index (κ3) is 4.09. The molecule has 0 aliphatic rings. The molecule has 1 aromatic carbocycles. The summed E-state index contributed by atoms with van der Waals surface area (Å²) in [4.78, 5) is 11.6. The van der Waals surface area contributed by atoms with Gasteiger partial charge in [-0.05, 0) is 30.8 Å². The molecule has 6 nitrogen and oxygen atoms in total. The molecule has 0 saturated carbocycles. The van der Waals surface area contributed by atoms with Crippen molar-refractivity contribution in [2.24, 2.45) is 5.10 Å². The third-order valence-electron chi connectivity index (χ3n) is 2.72. The van der Waals surface area contributed by atoms with Gasteiger partial charge in [-0.25, -0.2) is 0 Å². The molecular formula is C14H16N4O2S. The molecule has 0 atom stereocenters. The molecule has 2 rings (SSSR count). The highest BCUT2D eigenvalue weighted by Gasteiger charge is 2.01. The largest absolute Gasteiger partial charge is 0.493 e. The summed E-state index contributed by atoms with van der Waals surface area (Å²) in [6, 6.07) is 7.50. The molecule has 0 fully saturated rings. The van der Waals surface area contributed by atoms with E-state index < -0.39 is 0 Å². The summed E-state index contributed by atoms with van der Waals surface area (Å²) in [5, 5.41) is 10.2. The Morgan fingerprint density at radius 1 is 1.48 bits per heavy atom. The zero-order valence-corrected chi connectivity index (χ0v) is 12.5. The van der Waals surface area contributed by atoms with Crippen molar-refractivity contribution in [3.63, 3.8) is 0 Å². The van der Waals surface area contributed by atoms with E-state index >= 15 is 0 Å². The Morgan fingerprint density at radius 3 is 3.05 bits per heavy atom. The van der Waals surface area contributed by atoms with Gasteiger partial charge in [-0.15, -0.1) is 0 Å². The van der Waals surface area contributed by atoms with Gasteiger partial charge in [0.2, 0.25) is 4.77 Å². The monoisotopic (exact) mass is 304 g/mol. The Balaban J connectivity index is 2.25. The van der Waals surface area contributed by atoms with Crippen LogP contribution < -0.4 is 10.3 Å². The molecule has 0 spiro atoms. The summed E-state index contributed by atoms with van der Waals surface area (Å²) in [5.74, 6) is 0.728. The van der Waals surface area contributed by atoms with Crippen molar-refractivity contribution in [1.82, 2.24) is 14.9 Å². The number of hydrogen-bond donors (Lipinski definition) is 1. The van der Waals surface area contributed by atoms with Crippen molar-refractivity contribution in [3.8, 4) is 5.75 Å². The number of ether oxygens (including phenoxy) is 1. The zero-order chi connectivity index (χ0) is 15.1. The van der Waals surface area contributed by atoms with Gasteiger partial charge in [0.15, 0.2) is 0 Å². The van der Waals surface area contributed by atoms with Crippen molar-refractivity contribution in [2.45, 2.75) is 19.8 Å². The van der Waals surface area contributed by atoms with E-state index in [0.717, 1.165) is 35.0 Å². The first-order valence-electron chi connectivity index (χ1n) is 6.65. The first-order chi connectivity index (χ1) is 10.2. The van der Waals surface area contributed by atoms with Crippen molar-refractivity contribution in [1.29, 1.82) is 0 Å². The summed E-state index contributed by atoms with van der Waals surface area (Å²) < 4.78 is 6.92. The maximum Gasteiger partial charge on any atom is 0.293 e. The molecular weight excluding hydrogens is 288 g/mol. The number of para-hydroxylation sites is 1. The lowest BCUT2D eigenvalue weighted by Crippen LogP contribution is -2.18. The van der Waals surface area contributed by atoms with Crippen LogP contribution in [0.3, 0.4) is 0 Å². The minimum absolute atomic E-state index is 0.142. The number of H-pyrrole nitrogens is 1. The Kier molecular flexibility index (Phi) is 5.39. The van der Waals surface area contributed by atoms with Crippen molar-refractivity contribution in [2.75, 3.05) is 6.61 Å². The number of aromatic nitrogens is 3. The second kappa shape index (κ2) is 7.49. The average Bonchev–Trinajstić information content (AvgIpc) is 2.48. The molecule has 1 heterocycles. The van der Waals surface area contributed by atoms with E-state index in [1.54, 1.807) is 6.21 Å². The van der Waals surface area contributed by atoms with Gasteiger partial charge < -0.3 is 4.74 Å². The Hall–Kier alpha value is -2.28. The Bertz CT molecular complexity index is 708. The van der Waals surface area contributed by atoms with E-state index in [1.807, 2.05) is 24.3 Å². The van der Waals surface area contributed by atoms with Gasteiger partial charge in [0.25, 0.3) is 5.56 Å². The van der Waals surface area contributed by atoms with Crippen LogP contribution in [0.4, 0.5) is 0 Å². The molecule has 1 aromatic heterocycles. The quantitative estimate of drug-likeness (QED) is 0.505. The van der Waals surface area contributed by atoms with E-state index in [-0.39, 0.29) is 10.3 Å². The highest BCUT2D eigenvalue weighted by Crippen LogP contribution is 2.16. The highest BCUT2D eigenvalue weighted by atomic mass is 32.1. The molecule has 0 amide bonds. The van der Waals surface area contributed by atoms with Crippen LogP contribution in [0.1, 0.15) is 25.3 Å². The number of nitrogens with zero attached hydrogens (tertiary/aromatic N) is 3. The minimum atomic E-state index is -0.389. The van der Waals surface area contributed by atoms with Gasteiger partial charge >= 0.3 is 0 Å². The lowest BCUT2D eigenvalue weighted by molar-refractivity contribution is 0.309. The van der Waals surface area contributed by atoms with Crippen molar-refractivity contribution in [3.05, 3.63) is 51.2 Å². The predicted molar refractivity (Wildman–Crippen MR) is 83.5 cm³/mol. The lowest BCUT2D eigenvalue weighted by atomic mass is 10.2. The summed E-state index contributed by atoms with van der Waals surface area (Å²) in [6.45, 7) is 2.75. The number of nitrogens with one attached hydrogen (secondary N) is 1. The lowest BCUT2D eigenvalue weighted by Gasteiger charge is -2.07. The Morgan fingerprint density at radius 2 is 2.29 bits per heavy atom. The second-order valence-electron chi connectivity index (χ2n) is 4.31. The van der Waals surface area contributed by atoms with Crippen molar-refractivity contribution < 1.29 is 4.74 Å². The first-order valence-corrected chi connectivity index (χ1v) is 7.06. The topological polar surface area (TPSA) is 72.3 Å². The number of benzene rings is 1. The zero-order valence-electron chi connectivity index (χ0n) is 11.7. The normalized spacial score (nSPS) is 10.9. The standard InChI is InChI=1S/C14H16N4O2S/c1-2-3-8-20-12-7-5-4-6-11(12)9-16-18-13(19)10-15-17-14(18)21/h4-7,9-10H,2-3,8H2,1H3,(H,17,21)/b16-9+. The summed E-state index contributed by atoms with van der Waals surface area (Å²) in [6.07, 6.45) is 4.72. The van der Waals surface area contributed by atoms with Gasteiger partial charge in [0, 0.05) is 5.56 Å². The summed E-state index contributed by atoms with van der Waals surface area (Å²) >= 11 is 4.97. The molecule has 110 valence electrons. The smallest absolute Gasteiger partial charge is 0.293 e. The first kappa shape index (κ1) is 15.1. The van der Waals surface area contributed by atoms with Crippen LogP contribution >= 0.6 is 12.2 Å². The molecule has 0 bridgehead atoms. The van der Waals surface area contributed by atoms with Crippen LogP contribution in [0.2, 0.25) is 0 Å². The number of rotatable bonds is 6. The van der Waals surface area contributed by atoms with Crippen LogP contribution in [0.5, 0.6) is 5.75 Å². The average molecular weight is 304 g/mol. The number of hydrogen-bond acceptors (Lipinski definition) is 5. The van der Waals surface area contributed by atoms with Crippen LogP contribution in [-0.2, 0) is 0 Å². The highest BCUT2D eigenvalue weighted by molar-refractivity contribution is 7.71. The van der Waals surface area contributed by atoms with Gasteiger partial charge in [-0.2, -0.15) is 14.9 Å². The molecule has 0 unspecified atom stereocenters. The fourth-order valence-corrected chi connectivity index (χ4v) is 1.81. The van der Waals surface area contributed by atoms with E-state index in [9.17, 15) is 4.79 Å². The fraction of sp³-hybridized carbons (Fsp3) is 0.286. The predicted octanol–water partition coefficient (Wildman–Crippen LogP) is 2.36. The maximum absolute atomic E-state index is 11.6. The molecule has 2 aromatic rings. The SMILES string of the molecule is CCCCOc1ccccc1/C=N/n1c(=O)cn[nH]c1=S. The minimum Gasteiger partial charge on any atom is -0.493 e. The van der Waals surface area contributed by atoms with E-state index in [0.29, 0.717) is 6.61 Å². The third-order valence-corrected chi connectivity index (χ3v) is 2.99. The molecule has 0 aliphatic heterocycles. The van der Waals surface area contributed by atoms with E-state index in [2.05, 4.69) is 22.2 Å². The molecule has 0 aliphatic carbocycles. The number of aromatic amines is 1. The van der Waals surface area contributed by atoms with E-state index in [4.69, 9.17) is 17.0 Å². The van der Waals surface area contributed by atoms with Gasteiger partial charge in [0.05, 0.1) is 12.8 Å². The maximum atomic E-state index is 11.6. The summed E-state index contributed by atoms with van der Waals surface area (Å²) in [7, 11) is 0. The van der Waals surface area contributed by atoms with Crippen LogP contribution in [0.15, 0.2) is 40.4 Å². The Labute approximate surface area is 127 Å². The van der Waals surface area contributed by atoms with Crippen LogP contribution in [0, 0.1) is 4.77 Å². The summed E-state index contributed by atoms with van der Waals surface area (Å²) in [5.41, 5.74) is 0.395. The van der Waals surface area contributed by atoms with Gasteiger partial charge in [-0.3, -0.25) is 9.89 Å². The second-order valence-corrected chi connectivity index (χ2v) is 4.70. The van der Waals surface area contributed by atoms with Crippen LogP contribution in [0.25, 0.3) is 0 Å². The van der Waals surface area contributed by atoms with Gasteiger partial charge in [-0.1, -0.05) is 25.5 Å². The molecule has 1 N–H and O–H groups in total. The molecule has 21 heavy (non-hydrogen) atoms. The molecule has 7 heteroatoms. The van der Waals surface area contributed by atoms with Crippen LogP contribution in [-0.4, -0.2) is 27.7 Å². The van der Waals surface area contributed by atoms with E-state index in [1.165, 1.54) is 0 Å². The molecule has 0 saturated heterocycles. The molecule has 0 radical (unpaired) electrons. The fourth-order valence-electron chi connectivity index (χ4n) is 1.62. The number of unbranched alkanes of at least 4 members (excludes halogenated alkanes) is 1. The van der Waals surface area contributed by atoms with Crippen molar-refractivity contribution >= 4 is 18.4 Å².